The zero-order valence-electron chi connectivity index (χ0n) is 12.1. The summed E-state index contributed by atoms with van der Waals surface area (Å²) in [5.41, 5.74) is 4.29. The monoisotopic (exact) mass is 269 g/mol. The van der Waals surface area contributed by atoms with Gasteiger partial charge in [0.05, 0.1) is 12.3 Å². The third kappa shape index (κ3) is 3.38. The molecule has 0 bridgehead atoms. The maximum Gasteiger partial charge on any atom is 0.161 e. The van der Waals surface area contributed by atoms with Crippen LogP contribution >= 0.6 is 0 Å². The highest BCUT2D eigenvalue weighted by Gasteiger charge is 2.02. The van der Waals surface area contributed by atoms with Gasteiger partial charge in [-0.15, -0.1) is 0 Å². The lowest BCUT2D eigenvalue weighted by atomic mass is 10.1. The molecule has 0 spiro atoms. The fourth-order valence-electron chi connectivity index (χ4n) is 1.84. The first-order valence-electron chi connectivity index (χ1n) is 6.67. The molecule has 0 fully saturated rings. The minimum absolute atomic E-state index is 0.148. The summed E-state index contributed by atoms with van der Waals surface area (Å²) in [6.45, 7) is 6.56. The lowest BCUT2D eigenvalue weighted by Crippen LogP contribution is -1.93. The van der Waals surface area contributed by atoms with Gasteiger partial charge < -0.3 is 9.84 Å². The van der Waals surface area contributed by atoms with Crippen molar-refractivity contribution in [3.05, 3.63) is 53.1 Å². The van der Waals surface area contributed by atoms with Gasteiger partial charge in [0.2, 0.25) is 0 Å². The number of aromatic hydroxyl groups is 1. The van der Waals surface area contributed by atoms with Gasteiger partial charge in [-0.1, -0.05) is 6.07 Å². The lowest BCUT2D eigenvalue weighted by molar-refractivity contribution is 0.318. The first-order valence-corrected chi connectivity index (χ1v) is 6.67. The second kappa shape index (κ2) is 6.24. The van der Waals surface area contributed by atoms with Gasteiger partial charge in [0.15, 0.2) is 11.5 Å². The number of ether oxygens (including phenoxy) is 1. The van der Waals surface area contributed by atoms with Crippen LogP contribution in [0.5, 0.6) is 11.5 Å². The molecule has 20 heavy (non-hydrogen) atoms. The molecule has 0 saturated heterocycles. The molecule has 0 unspecified atom stereocenters. The summed E-state index contributed by atoms with van der Waals surface area (Å²) in [7, 11) is 0. The quantitative estimate of drug-likeness (QED) is 0.847. The van der Waals surface area contributed by atoms with Gasteiger partial charge in [0, 0.05) is 6.21 Å². The Kier molecular flexibility index (Phi) is 4.41. The van der Waals surface area contributed by atoms with Crippen LogP contribution in [0.4, 0.5) is 5.69 Å². The fraction of sp³-hybridized carbons (Fsp3) is 0.235. The Morgan fingerprint density at radius 1 is 1.10 bits per heavy atom. The van der Waals surface area contributed by atoms with E-state index in [0.29, 0.717) is 12.4 Å². The Labute approximate surface area is 119 Å². The topological polar surface area (TPSA) is 41.8 Å². The molecule has 104 valence electrons. The molecule has 3 nitrogen and oxygen atoms in total. The molecule has 0 aliphatic heterocycles. The molecule has 0 heterocycles. The summed E-state index contributed by atoms with van der Waals surface area (Å²) in [5.74, 6) is 0.631. The van der Waals surface area contributed by atoms with Crippen LogP contribution in [0.25, 0.3) is 0 Å². The standard InChI is InChI=1S/C17H19NO2/c1-4-20-17-10-14(6-8-16(17)19)11-18-15-7-5-12(2)13(3)9-15/h5-11,19H,4H2,1-3H3. The van der Waals surface area contributed by atoms with Crippen LogP contribution in [0, 0.1) is 13.8 Å². The zero-order chi connectivity index (χ0) is 14.5. The molecule has 2 aromatic rings. The maximum absolute atomic E-state index is 9.65. The normalized spacial score (nSPS) is 10.9. The third-order valence-corrected chi connectivity index (χ3v) is 3.14. The Balaban J connectivity index is 2.22. The van der Waals surface area contributed by atoms with Crippen LogP contribution in [0.15, 0.2) is 41.4 Å². The number of phenolic OH excluding ortho intramolecular Hbond substituents is 1. The third-order valence-electron chi connectivity index (χ3n) is 3.14. The molecule has 1 N–H and O–H groups in total. The van der Waals surface area contributed by atoms with Gasteiger partial charge in [0.25, 0.3) is 0 Å². The van der Waals surface area contributed by atoms with Crippen molar-refractivity contribution in [2.45, 2.75) is 20.8 Å². The summed E-state index contributed by atoms with van der Waals surface area (Å²) in [4.78, 5) is 4.45. The van der Waals surface area contributed by atoms with E-state index >= 15 is 0 Å². The van der Waals surface area contributed by atoms with E-state index in [1.807, 2.05) is 19.1 Å². The molecular formula is C17H19NO2. The van der Waals surface area contributed by atoms with Crippen molar-refractivity contribution in [3.8, 4) is 11.5 Å². The smallest absolute Gasteiger partial charge is 0.161 e. The van der Waals surface area contributed by atoms with Crippen molar-refractivity contribution in [3.63, 3.8) is 0 Å². The number of hydrogen-bond donors (Lipinski definition) is 1. The molecular weight excluding hydrogens is 250 g/mol. The Hall–Kier alpha value is -2.29. The summed E-state index contributed by atoms with van der Waals surface area (Å²) in [6.07, 6.45) is 1.77. The second-order valence-electron chi connectivity index (χ2n) is 4.69. The first kappa shape index (κ1) is 14.1. The largest absolute Gasteiger partial charge is 0.504 e. The van der Waals surface area contributed by atoms with Gasteiger partial charge in [-0.2, -0.15) is 0 Å². The summed E-state index contributed by atoms with van der Waals surface area (Å²) < 4.78 is 5.35. The number of rotatable bonds is 4. The van der Waals surface area contributed by atoms with E-state index in [0.717, 1.165) is 11.3 Å². The Morgan fingerprint density at radius 2 is 1.90 bits per heavy atom. The molecule has 0 aromatic heterocycles. The van der Waals surface area contributed by atoms with E-state index in [1.54, 1.807) is 18.3 Å². The van der Waals surface area contributed by atoms with Crippen molar-refractivity contribution >= 4 is 11.9 Å². The second-order valence-corrected chi connectivity index (χ2v) is 4.69. The van der Waals surface area contributed by atoms with Gasteiger partial charge in [-0.3, -0.25) is 4.99 Å². The Bertz CT molecular complexity index is 633. The van der Waals surface area contributed by atoms with Gasteiger partial charge in [-0.05, 0) is 67.8 Å². The van der Waals surface area contributed by atoms with Gasteiger partial charge >= 0.3 is 0 Å². The fourth-order valence-corrected chi connectivity index (χ4v) is 1.84. The predicted octanol–water partition coefficient (Wildman–Crippen LogP) is 4.16. The minimum atomic E-state index is 0.148. The number of aliphatic imine (C=N–C) groups is 1. The van der Waals surface area contributed by atoms with E-state index in [-0.39, 0.29) is 5.75 Å². The number of benzene rings is 2. The Morgan fingerprint density at radius 3 is 2.60 bits per heavy atom. The summed E-state index contributed by atoms with van der Waals surface area (Å²) in [5, 5.41) is 9.65. The van der Waals surface area contributed by atoms with Crippen molar-refractivity contribution in [1.29, 1.82) is 0 Å². The van der Waals surface area contributed by atoms with E-state index in [9.17, 15) is 5.11 Å². The van der Waals surface area contributed by atoms with Crippen LogP contribution in [0.3, 0.4) is 0 Å². The number of phenols is 1. The summed E-state index contributed by atoms with van der Waals surface area (Å²) in [6, 6.07) is 11.3. The first-order chi connectivity index (χ1) is 9.60. The highest BCUT2D eigenvalue weighted by Crippen LogP contribution is 2.26. The predicted molar refractivity (Wildman–Crippen MR) is 82.4 cm³/mol. The van der Waals surface area contributed by atoms with Crippen LogP contribution in [0.1, 0.15) is 23.6 Å². The van der Waals surface area contributed by atoms with Crippen LogP contribution in [0.2, 0.25) is 0 Å². The molecule has 0 aliphatic rings. The van der Waals surface area contributed by atoms with Gasteiger partial charge in [-0.25, -0.2) is 0 Å². The van der Waals surface area contributed by atoms with Crippen LogP contribution < -0.4 is 4.74 Å². The van der Waals surface area contributed by atoms with Gasteiger partial charge in [0.1, 0.15) is 0 Å². The maximum atomic E-state index is 9.65. The molecule has 3 heteroatoms. The van der Waals surface area contributed by atoms with Crippen molar-refractivity contribution < 1.29 is 9.84 Å². The van der Waals surface area contributed by atoms with Crippen molar-refractivity contribution in [2.24, 2.45) is 4.99 Å². The molecule has 0 saturated carbocycles. The zero-order valence-corrected chi connectivity index (χ0v) is 12.1. The average molecular weight is 269 g/mol. The molecule has 0 amide bonds. The number of aryl methyl sites for hydroxylation is 2. The van der Waals surface area contributed by atoms with Crippen LogP contribution in [-0.2, 0) is 0 Å². The molecule has 2 rings (SSSR count). The number of nitrogens with zero attached hydrogens (tertiary/aromatic N) is 1. The van der Waals surface area contributed by atoms with Crippen LogP contribution in [-0.4, -0.2) is 17.9 Å². The van der Waals surface area contributed by atoms with E-state index in [2.05, 4.69) is 31.0 Å². The van der Waals surface area contributed by atoms with Crippen molar-refractivity contribution in [1.82, 2.24) is 0 Å². The number of hydrogen-bond acceptors (Lipinski definition) is 3. The highest BCUT2D eigenvalue weighted by atomic mass is 16.5. The van der Waals surface area contributed by atoms with E-state index < -0.39 is 0 Å². The molecule has 0 radical (unpaired) electrons. The molecule has 0 atom stereocenters. The summed E-state index contributed by atoms with van der Waals surface area (Å²) >= 11 is 0. The average Bonchev–Trinajstić information content (AvgIpc) is 2.43. The SMILES string of the molecule is CCOc1cc(C=Nc2ccc(C)c(C)c2)ccc1O. The molecule has 0 aliphatic carbocycles. The van der Waals surface area contributed by atoms with E-state index in [1.165, 1.54) is 11.1 Å². The van der Waals surface area contributed by atoms with E-state index in [4.69, 9.17) is 4.74 Å². The molecule has 2 aromatic carbocycles. The lowest BCUT2D eigenvalue weighted by Gasteiger charge is -2.06. The minimum Gasteiger partial charge on any atom is -0.504 e. The highest BCUT2D eigenvalue weighted by molar-refractivity contribution is 5.83. The van der Waals surface area contributed by atoms with Crippen molar-refractivity contribution in [2.75, 3.05) is 6.61 Å².